The first-order valence-electron chi connectivity index (χ1n) is 7.88. The van der Waals surface area contributed by atoms with Crippen LogP contribution in [0, 0.1) is 6.92 Å². The van der Waals surface area contributed by atoms with E-state index in [-0.39, 0.29) is 19.0 Å². The number of aromatic nitrogens is 3. The van der Waals surface area contributed by atoms with Crippen molar-refractivity contribution in [3.63, 3.8) is 0 Å². The molecule has 1 aliphatic heterocycles. The Bertz CT molecular complexity index is 731. The molecule has 0 saturated carbocycles. The second kappa shape index (κ2) is 6.86. The zero-order valence-electron chi connectivity index (χ0n) is 13.6. The molecule has 4 N–H and O–H groups in total. The molecule has 3 rings (SSSR count). The highest BCUT2D eigenvalue weighted by atomic mass is 16.3. The van der Waals surface area contributed by atoms with Crippen molar-refractivity contribution in [2.45, 2.75) is 39.3 Å². The smallest absolute Gasteiger partial charge is 0.141 e. The van der Waals surface area contributed by atoms with E-state index < -0.39 is 6.10 Å². The summed E-state index contributed by atoms with van der Waals surface area (Å²) in [6.07, 6.45) is 0.623. The van der Waals surface area contributed by atoms with Crippen molar-refractivity contribution in [1.82, 2.24) is 19.7 Å². The molecule has 2 aromatic heterocycles. The summed E-state index contributed by atoms with van der Waals surface area (Å²) in [5.41, 5.74) is 3.26. The number of hydrogen-bond donors (Lipinski definition) is 4. The molecule has 130 valence electrons. The Hall–Kier alpha value is -2.00. The van der Waals surface area contributed by atoms with Gasteiger partial charge in [-0.05, 0) is 13.0 Å². The zero-order valence-corrected chi connectivity index (χ0v) is 13.6. The highest BCUT2D eigenvalue weighted by Crippen LogP contribution is 2.27. The quantitative estimate of drug-likeness (QED) is 0.600. The number of aliphatic hydroxyl groups excluding tert-OH is 3. The van der Waals surface area contributed by atoms with Crippen LogP contribution >= 0.6 is 0 Å². The Balaban J connectivity index is 1.79. The molecule has 0 radical (unpaired) electrons. The van der Waals surface area contributed by atoms with Gasteiger partial charge in [-0.1, -0.05) is 0 Å². The summed E-state index contributed by atoms with van der Waals surface area (Å²) in [5, 5.41) is 42.8. The fourth-order valence-electron chi connectivity index (χ4n) is 2.95. The van der Waals surface area contributed by atoms with Crippen LogP contribution in [-0.2, 0) is 26.2 Å². The van der Waals surface area contributed by atoms with Crippen LogP contribution in [0.4, 0.5) is 0 Å². The summed E-state index contributed by atoms with van der Waals surface area (Å²) in [5.74, 6) is 0.122. The summed E-state index contributed by atoms with van der Waals surface area (Å²) in [6.45, 7) is 3.69. The fourth-order valence-corrected chi connectivity index (χ4v) is 2.95. The molecule has 8 nitrogen and oxygen atoms in total. The minimum atomic E-state index is -0.968. The van der Waals surface area contributed by atoms with Crippen LogP contribution in [0.15, 0.2) is 12.3 Å². The molecule has 0 saturated heterocycles. The Morgan fingerprint density at radius 1 is 1.29 bits per heavy atom. The van der Waals surface area contributed by atoms with E-state index >= 15 is 0 Å². The van der Waals surface area contributed by atoms with Crippen molar-refractivity contribution in [2.24, 2.45) is 0 Å². The van der Waals surface area contributed by atoms with Crippen LogP contribution in [0.2, 0.25) is 0 Å². The van der Waals surface area contributed by atoms with Gasteiger partial charge in [-0.15, -0.1) is 0 Å². The summed E-state index contributed by atoms with van der Waals surface area (Å²) in [6, 6.07) is 1.79. The van der Waals surface area contributed by atoms with Crippen molar-refractivity contribution in [1.29, 1.82) is 0 Å². The van der Waals surface area contributed by atoms with Gasteiger partial charge >= 0.3 is 0 Å². The predicted octanol–water partition coefficient (Wildman–Crippen LogP) is -0.174. The molecule has 0 fully saturated rings. The van der Waals surface area contributed by atoms with Crippen LogP contribution in [0.25, 0.3) is 0 Å². The number of aryl methyl sites for hydroxylation is 1. The first-order chi connectivity index (χ1) is 11.5. The van der Waals surface area contributed by atoms with Crippen LogP contribution in [0.5, 0.6) is 5.75 Å². The van der Waals surface area contributed by atoms with Gasteiger partial charge in [0, 0.05) is 37.0 Å². The summed E-state index contributed by atoms with van der Waals surface area (Å²) in [4.78, 5) is 6.22. The average molecular weight is 334 g/mol. The molecular formula is C16H22N4O4. The first-order valence-corrected chi connectivity index (χ1v) is 7.88. The van der Waals surface area contributed by atoms with Gasteiger partial charge in [0.25, 0.3) is 0 Å². The number of aliphatic hydroxyl groups is 3. The third-order valence-corrected chi connectivity index (χ3v) is 4.39. The van der Waals surface area contributed by atoms with Crippen LogP contribution < -0.4 is 0 Å². The maximum atomic E-state index is 10.3. The molecule has 0 amide bonds. The average Bonchev–Trinajstić information content (AvgIpc) is 3.02. The van der Waals surface area contributed by atoms with E-state index in [9.17, 15) is 15.3 Å². The van der Waals surface area contributed by atoms with Gasteiger partial charge in [0.1, 0.15) is 11.9 Å². The number of pyridine rings is 1. The van der Waals surface area contributed by atoms with E-state index in [0.29, 0.717) is 42.1 Å². The molecule has 24 heavy (non-hydrogen) atoms. The maximum Gasteiger partial charge on any atom is 0.141 e. The first kappa shape index (κ1) is 16.8. The lowest BCUT2D eigenvalue weighted by Gasteiger charge is -2.28. The van der Waals surface area contributed by atoms with Gasteiger partial charge < -0.3 is 20.4 Å². The largest absolute Gasteiger partial charge is 0.506 e. The summed E-state index contributed by atoms with van der Waals surface area (Å²) in [7, 11) is 0. The second-order valence-corrected chi connectivity index (χ2v) is 6.05. The van der Waals surface area contributed by atoms with E-state index in [1.807, 2.05) is 4.68 Å². The molecule has 0 aromatic carbocycles. The van der Waals surface area contributed by atoms with E-state index in [1.54, 1.807) is 19.2 Å². The van der Waals surface area contributed by atoms with E-state index in [4.69, 9.17) is 5.11 Å². The van der Waals surface area contributed by atoms with Gasteiger partial charge in [0.05, 0.1) is 36.8 Å². The monoisotopic (exact) mass is 334 g/mol. The van der Waals surface area contributed by atoms with Crippen molar-refractivity contribution in [3.05, 3.63) is 40.5 Å². The Kier molecular flexibility index (Phi) is 4.81. The van der Waals surface area contributed by atoms with Gasteiger partial charge in [-0.25, -0.2) is 0 Å². The van der Waals surface area contributed by atoms with Gasteiger partial charge in [0.15, 0.2) is 0 Å². The van der Waals surface area contributed by atoms with Crippen molar-refractivity contribution in [3.8, 4) is 5.75 Å². The number of aromatic hydroxyl groups is 1. The number of hydrogen-bond acceptors (Lipinski definition) is 7. The summed E-state index contributed by atoms with van der Waals surface area (Å²) < 4.78 is 1.83. The number of fused-ring (bicyclic) bond motifs is 1. The molecule has 0 spiro atoms. The molecule has 2 aromatic rings. The minimum Gasteiger partial charge on any atom is -0.506 e. The third-order valence-electron chi connectivity index (χ3n) is 4.39. The zero-order chi connectivity index (χ0) is 17.3. The van der Waals surface area contributed by atoms with Crippen molar-refractivity contribution < 1.29 is 20.4 Å². The standard InChI is InChI=1S/C16H22N4O4/c1-10-16(24)13(11(8-21)5-17-10)7-19-2-3-20-12(6-19)4-14(18-20)15(23)9-22/h4-5,15,21-24H,2-3,6-9H2,1H3. The molecule has 1 unspecified atom stereocenters. The van der Waals surface area contributed by atoms with Crippen LogP contribution in [0.3, 0.4) is 0 Å². The lowest BCUT2D eigenvalue weighted by Crippen LogP contribution is -2.33. The normalized spacial score (nSPS) is 16.2. The maximum absolute atomic E-state index is 10.3. The lowest BCUT2D eigenvalue weighted by molar-refractivity contribution is 0.0915. The molecular weight excluding hydrogens is 312 g/mol. The van der Waals surface area contributed by atoms with Gasteiger partial charge in [-0.2, -0.15) is 5.10 Å². The fraction of sp³-hybridized carbons (Fsp3) is 0.500. The summed E-state index contributed by atoms with van der Waals surface area (Å²) >= 11 is 0. The second-order valence-electron chi connectivity index (χ2n) is 6.05. The van der Waals surface area contributed by atoms with Crippen molar-refractivity contribution >= 4 is 0 Å². The van der Waals surface area contributed by atoms with Crippen LogP contribution in [-0.4, -0.2) is 53.2 Å². The molecule has 1 aliphatic rings. The Labute approximate surface area is 139 Å². The molecule has 8 heteroatoms. The highest BCUT2D eigenvalue weighted by molar-refractivity contribution is 5.40. The van der Waals surface area contributed by atoms with E-state index in [1.165, 1.54) is 0 Å². The topological polar surface area (TPSA) is 115 Å². The molecule has 1 atom stereocenters. The molecule has 3 heterocycles. The number of nitrogens with zero attached hydrogens (tertiary/aromatic N) is 4. The van der Waals surface area contributed by atoms with Gasteiger partial charge in [0.2, 0.25) is 0 Å². The Morgan fingerprint density at radius 3 is 2.79 bits per heavy atom. The molecule has 0 bridgehead atoms. The van der Waals surface area contributed by atoms with Crippen molar-refractivity contribution in [2.75, 3.05) is 13.2 Å². The lowest BCUT2D eigenvalue weighted by atomic mass is 10.1. The van der Waals surface area contributed by atoms with E-state index in [2.05, 4.69) is 15.0 Å². The predicted molar refractivity (Wildman–Crippen MR) is 84.9 cm³/mol. The Morgan fingerprint density at radius 2 is 2.08 bits per heavy atom. The molecule has 0 aliphatic carbocycles. The van der Waals surface area contributed by atoms with E-state index in [0.717, 1.165) is 12.2 Å². The highest BCUT2D eigenvalue weighted by Gasteiger charge is 2.23. The number of rotatable bonds is 5. The van der Waals surface area contributed by atoms with Gasteiger partial charge in [-0.3, -0.25) is 14.6 Å². The minimum absolute atomic E-state index is 0.122. The SMILES string of the molecule is Cc1ncc(CO)c(CN2CCn3nc(C(O)CO)cc3C2)c1O. The third kappa shape index (κ3) is 3.13. The van der Waals surface area contributed by atoms with Crippen LogP contribution in [0.1, 0.15) is 34.3 Å².